The lowest BCUT2D eigenvalue weighted by Gasteiger charge is -2.33. The normalized spacial score (nSPS) is 18.7. The number of aromatic amines is 2. The molecule has 2 atom stereocenters. The van der Waals surface area contributed by atoms with E-state index in [1.807, 2.05) is 48.5 Å². The van der Waals surface area contributed by atoms with E-state index in [4.69, 9.17) is 70.8 Å². The largest absolute Gasteiger partial charge is 0.386 e. The van der Waals surface area contributed by atoms with E-state index in [-0.39, 0.29) is 21.5 Å². The summed E-state index contributed by atoms with van der Waals surface area (Å²) in [4.78, 5) is 6.67. The number of rotatable bonds is 10. The predicted octanol–water partition coefficient (Wildman–Crippen LogP) is 6.30. The van der Waals surface area contributed by atoms with Crippen LogP contribution in [0.3, 0.4) is 0 Å². The maximum Gasteiger partial charge on any atom is 0.215 e. The molecule has 0 aliphatic heterocycles. The van der Waals surface area contributed by atoms with Gasteiger partial charge in [0.25, 0.3) is 0 Å². The molecular weight excluding hydrogens is 669 g/mol. The van der Waals surface area contributed by atoms with Gasteiger partial charge in [-0.15, -0.1) is 23.2 Å². The number of nitrogens with one attached hydrogen (secondary N) is 2. The van der Waals surface area contributed by atoms with Gasteiger partial charge in [0, 0.05) is 31.3 Å². The summed E-state index contributed by atoms with van der Waals surface area (Å²) in [6.45, 7) is 0.529. The summed E-state index contributed by atoms with van der Waals surface area (Å²) in [5, 5.41) is 29.4. The zero-order valence-electron chi connectivity index (χ0n) is 23.0. The number of aromatic nitrogens is 6. The Bertz CT molecular complexity index is 1550. The minimum Gasteiger partial charge on any atom is -0.386 e. The number of hydrogen-bond acceptors (Lipinski definition) is 6. The van der Waals surface area contributed by atoms with Crippen LogP contribution in [-0.2, 0) is 25.9 Å². The molecule has 2 saturated carbocycles. The molecule has 8 nitrogen and oxygen atoms in total. The number of alkyl halides is 2. The van der Waals surface area contributed by atoms with Crippen molar-refractivity contribution in [3.63, 3.8) is 0 Å². The fraction of sp³-hybridized carbons (Fsp3) is 0.429. The molecule has 43 heavy (non-hydrogen) atoms. The van der Waals surface area contributed by atoms with Gasteiger partial charge in [-0.2, -0.15) is 0 Å². The van der Waals surface area contributed by atoms with E-state index in [1.165, 1.54) is 12.7 Å². The maximum absolute atomic E-state index is 11.2. The Morgan fingerprint density at radius 1 is 0.721 bits per heavy atom. The lowest BCUT2D eigenvalue weighted by Crippen LogP contribution is -2.47. The van der Waals surface area contributed by atoms with Gasteiger partial charge >= 0.3 is 0 Å². The van der Waals surface area contributed by atoms with Gasteiger partial charge in [0.1, 0.15) is 23.9 Å². The molecule has 4 N–H and O–H groups in total. The summed E-state index contributed by atoms with van der Waals surface area (Å²) in [5.41, 5.74) is -0.520. The van der Waals surface area contributed by atoms with Gasteiger partial charge in [-0.05, 0) is 73.4 Å². The minimum absolute atomic E-state index is 0. The zero-order valence-corrected chi connectivity index (χ0v) is 27.7. The van der Waals surface area contributed by atoms with Gasteiger partial charge in [-0.1, -0.05) is 59.6 Å². The Kier molecular flexibility index (Phi) is 10.6. The highest BCUT2D eigenvalue weighted by Gasteiger charge is 2.59. The molecule has 2 unspecified atom stereocenters. The molecule has 15 heteroatoms. The first-order chi connectivity index (χ1) is 19.9. The van der Waals surface area contributed by atoms with Crippen LogP contribution < -0.4 is 0 Å². The van der Waals surface area contributed by atoms with Gasteiger partial charge < -0.3 is 10.2 Å². The van der Waals surface area contributed by atoms with E-state index >= 15 is 0 Å². The van der Waals surface area contributed by atoms with E-state index in [9.17, 15) is 10.2 Å². The summed E-state index contributed by atoms with van der Waals surface area (Å²) in [7, 11) is 0. The van der Waals surface area contributed by atoms with E-state index in [1.54, 1.807) is 9.36 Å². The Morgan fingerprint density at radius 2 is 1.07 bits per heavy atom. The van der Waals surface area contributed by atoms with Crippen LogP contribution in [0.5, 0.6) is 0 Å². The quantitative estimate of drug-likeness (QED) is 0.0881. The van der Waals surface area contributed by atoms with Crippen molar-refractivity contribution in [3.05, 3.63) is 91.9 Å². The summed E-state index contributed by atoms with van der Waals surface area (Å²) in [5.74, 6) is 0. The summed E-state index contributed by atoms with van der Waals surface area (Å²) in [6, 6.07) is 15.0. The number of nitrogens with zero attached hydrogens (tertiary/aromatic N) is 4. The van der Waals surface area contributed by atoms with Crippen LogP contribution in [0.25, 0.3) is 0 Å². The number of benzene rings is 2. The van der Waals surface area contributed by atoms with Crippen LogP contribution >= 0.6 is 70.8 Å². The Balaban J connectivity index is 0.000000192. The molecule has 2 aliphatic carbocycles. The fourth-order valence-corrected chi connectivity index (χ4v) is 6.27. The first-order valence-corrected chi connectivity index (χ1v) is 15.7. The second kappa shape index (κ2) is 13.3. The van der Waals surface area contributed by atoms with Crippen LogP contribution in [0, 0.1) is 9.54 Å². The molecule has 0 spiro atoms. The van der Waals surface area contributed by atoms with Crippen LogP contribution in [0.4, 0.5) is 0 Å². The molecule has 2 heterocycles. The lowest BCUT2D eigenvalue weighted by molar-refractivity contribution is 0.00694. The average Bonchev–Trinajstić information content (AvgIpc) is 3.81. The first-order valence-electron chi connectivity index (χ1n) is 13.4. The van der Waals surface area contributed by atoms with Crippen molar-refractivity contribution in [2.75, 3.05) is 0 Å². The van der Waals surface area contributed by atoms with Crippen LogP contribution in [0.2, 0.25) is 10.0 Å². The van der Waals surface area contributed by atoms with E-state index < -0.39 is 21.0 Å². The highest BCUT2D eigenvalue weighted by Crippen LogP contribution is 2.54. The topological polar surface area (TPSA) is 108 Å². The molecule has 0 saturated heterocycles. The summed E-state index contributed by atoms with van der Waals surface area (Å²) < 4.78 is 4.06. The molecule has 2 aromatic heterocycles. The van der Waals surface area contributed by atoms with Gasteiger partial charge in [0.05, 0.1) is 22.8 Å². The van der Waals surface area contributed by atoms with Gasteiger partial charge in [0.15, 0.2) is 0 Å². The maximum atomic E-state index is 11.2. The Morgan fingerprint density at radius 3 is 1.35 bits per heavy atom. The van der Waals surface area contributed by atoms with Crippen LogP contribution in [0.15, 0.2) is 61.2 Å². The third-order valence-electron chi connectivity index (χ3n) is 8.01. The second-order valence-corrected chi connectivity index (χ2v) is 14.0. The van der Waals surface area contributed by atoms with Gasteiger partial charge in [-0.25, -0.2) is 9.97 Å². The Hall–Kier alpha value is -1.70. The average molecular weight is 699 g/mol. The van der Waals surface area contributed by atoms with E-state index in [2.05, 4.69) is 20.2 Å². The molecule has 0 amide bonds. The van der Waals surface area contributed by atoms with E-state index in [0.29, 0.717) is 32.4 Å². The molecule has 3 radical (unpaired) electrons. The molecule has 2 aliphatic rings. The molecule has 6 rings (SSSR count). The summed E-state index contributed by atoms with van der Waals surface area (Å²) in [6.07, 6.45) is 6.86. The minimum atomic E-state index is -1.13. The van der Waals surface area contributed by atoms with Crippen molar-refractivity contribution in [2.45, 2.75) is 72.6 Å². The smallest absolute Gasteiger partial charge is 0.215 e. The highest BCUT2D eigenvalue weighted by atomic mass is 35.5. The number of H-pyrrole nitrogens is 2. The van der Waals surface area contributed by atoms with Crippen molar-refractivity contribution in [3.8, 4) is 0 Å². The predicted molar refractivity (Wildman–Crippen MR) is 176 cm³/mol. The van der Waals surface area contributed by atoms with Gasteiger partial charge in [0.2, 0.25) is 9.54 Å². The van der Waals surface area contributed by atoms with Crippen molar-refractivity contribution >= 4 is 79.3 Å². The highest BCUT2D eigenvalue weighted by molar-refractivity contribution is 7.71. The first kappa shape index (κ1) is 34.2. The molecule has 4 aromatic rings. The monoisotopic (exact) mass is 697 g/mol. The van der Waals surface area contributed by atoms with Crippen molar-refractivity contribution in [1.29, 1.82) is 0 Å². The molecule has 0 bridgehead atoms. The van der Waals surface area contributed by atoms with Gasteiger partial charge in [-0.3, -0.25) is 19.6 Å². The lowest BCUT2D eigenvalue weighted by atomic mass is 9.89. The molecular formula is C28H30BCl4N6O2S2. The molecule has 2 fully saturated rings. The van der Waals surface area contributed by atoms with Crippen molar-refractivity contribution < 1.29 is 10.2 Å². The van der Waals surface area contributed by atoms with Crippen molar-refractivity contribution in [1.82, 2.24) is 29.5 Å². The Labute approximate surface area is 281 Å². The third kappa shape index (κ3) is 7.58. The van der Waals surface area contributed by atoms with E-state index in [0.717, 1.165) is 36.8 Å². The zero-order chi connectivity index (χ0) is 30.2. The number of hydrogen-bond donors (Lipinski definition) is 4. The van der Waals surface area contributed by atoms with Crippen molar-refractivity contribution in [2.24, 2.45) is 0 Å². The third-order valence-corrected chi connectivity index (χ3v) is 10.9. The van der Waals surface area contributed by atoms with Crippen LogP contribution in [0.1, 0.15) is 36.8 Å². The second-order valence-electron chi connectivity index (χ2n) is 11.0. The standard InChI is InChI=1S/2C14H15Cl2N3OS.B/c2*15-11-4-2-1-3-10(11)7-14(20,13(16)5-6-13)8-19-12(21)17-9-18-19;/h2*1-4,9,20H,5-8H2,(H,17,18,21);. The summed E-state index contributed by atoms with van der Waals surface area (Å²) >= 11 is 35.8. The van der Waals surface area contributed by atoms with Crippen LogP contribution in [-0.4, -0.2) is 69.1 Å². The number of aliphatic hydroxyl groups is 2. The fourth-order valence-electron chi connectivity index (χ4n) is 5.08. The SMILES string of the molecule is OC(Cc1ccccc1Cl)(Cn1[nH]cnc1=S)C1(Cl)CC1.OC(Cc1ccccc1Cl)(Cn1[nH]cnc1=S)C1(Cl)CC1.[B]. The number of halogens is 4. The molecule has 2 aromatic carbocycles. The molecule has 227 valence electrons.